The maximum atomic E-state index is 10.4. The van der Waals surface area contributed by atoms with Crippen molar-refractivity contribution in [1.29, 1.82) is 0 Å². The summed E-state index contributed by atoms with van der Waals surface area (Å²) >= 11 is 0.864. The van der Waals surface area contributed by atoms with E-state index in [0.717, 1.165) is 24.6 Å². The van der Waals surface area contributed by atoms with Crippen LogP contribution in [0.2, 0.25) is 0 Å². The summed E-state index contributed by atoms with van der Waals surface area (Å²) in [6.07, 6.45) is 5.29. The van der Waals surface area contributed by atoms with Gasteiger partial charge in [-0.15, -0.1) is 0 Å². The lowest BCUT2D eigenvalue weighted by Gasteiger charge is -1.98. The third-order valence-electron chi connectivity index (χ3n) is 0.836. The lowest BCUT2D eigenvalue weighted by molar-refractivity contribution is 0.173. The Bertz CT molecular complexity index is 83.1. The number of rotatable bonds is 3. The van der Waals surface area contributed by atoms with Crippen molar-refractivity contribution in [2.75, 3.05) is 6.61 Å². The summed E-state index contributed by atoms with van der Waals surface area (Å²) in [5, 5.41) is -0.288. The maximum absolute atomic E-state index is 10.4. The quantitative estimate of drug-likeness (QED) is 0.453. The van der Waals surface area contributed by atoms with Crippen LogP contribution in [0, 0.1) is 6.26 Å². The third kappa shape index (κ3) is 5.69. The molecule has 0 aliphatic carbocycles. The third-order valence-corrected chi connectivity index (χ3v) is 1.19. The summed E-state index contributed by atoms with van der Waals surface area (Å²) in [7, 11) is 0. The summed E-state index contributed by atoms with van der Waals surface area (Å²) in [5.41, 5.74) is 0. The zero-order valence-electron chi connectivity index (χ0n) is 5.55. The van der Waals surface area contributed by atoms with Crippen LogP contribution in [0.5, 0.6) is 0 Å². The van der Waals surface area contributed by atoms with Crippen molar-refractivity contribution in [2.45, 2.75) is 19.8 Å². The van der Waals surface area contributed by atoms with Crippen LogP contribution < -0.4 is 0 Å². The molecule has 0 saturated carbocycles. The molecule has 1 radical (unpaired) electrons. The van der Waals surface area contributed by atoms with Crippen LogP contribution in [0.4, 0.5) is 4.79 Å². The Balaban J connectivity index is 2.97. The molecule has 0 saturated heterocycles. The molecule has 0 atom stereocenters. The molecule has 0 heterocycles. The predicted molar refractivity (Wildman–Crippen MR) is 39.2 cm³/mol. The molecule has 0 unspecified atom stereocenters. The lowest BCUT2D eigenvalue weighted by atomic mass is 10.4. The molecule has 0 N–H and O–H groups in total. The Morgan fingerprint density at radius 2 is 2.44 bits per heavy atom. The standard InChI is InChI=1S/C6H11O2S/c1-3-4-5-8-6(7)9-2/h2-5H2,1H3. The molecule has 2 nitrogen and oxygen atoms in total. The highest BCUT2D eigenvalue weighted by Gasteiger charge is 1.95. The zero-order valence-corrected chi connectivity index (χ0v) is 6.37. The second kappa shape index (κ2) is 5.95. The van der Waals surface area contributed by atoms with Gasteiger partial charge in [0.05, 0.1) is 6.61 Å². The van der Waals surface area contributed by atoms with Crippen molar-refractivity contribution in [3.63, 3.8) is 0 Å². The van der Waals surface area contributed by atoms with Crippen LogP contribution in [-0.4, -0.2) is 11.9 Å². The van der Waals surface area contributed by atoms with Gasteiger partial charge in [0.15, 0.2) is 0 Å². The molecule has 3 heteroatoms. The normalized spacial score (nSPS) is 9.11. The Labute approximate surface area is 60.0 Å². The van der Waals surface area contributed by atoms with Gasteiger partial charge in [-0.25, -0.2) is 4.79 Å². The van der Waals surface area contributed by atoms with Gasteiger partial charge in [-0.2, -0.15) is 0 Å². The maximum Gasteiger partial charge on any atom is 0.367 e. The molecule has 0 aromatic carbocycles. The number of ether oxygens (including phenoxy) is 1. The van der Waals surface area contributed by atoms with Crippen molar-refractivity contribution in [3.05, 3.63) is 6.26 Å². The monoisotopic (exact) mass is 147 g/mol. The molecular weight excluding hydrogens is 136 g/mol. The van der Waals surface area contributed by atoms with Crippen molar-refractivity contribution >= 4 is 17.1 Å². The van der Waals surface area contributed by atoms with Crippen molar-refractivity contribution in [3.8, 4) is 0 Å². The lowest BCUT2D eigenvalue weighted by Crippen LogP contribution is -1.97. The molecule has 53 valence electrons. The highest BCUT2D eigenvalue weighted by Crippen LogP contribution is 2.01. The minimum Gasteiger partial charge on any atom is -0.458 e. The first-order chi connectivity index (χ1) is 4.31. The molecule has 9 heavy (non-hydrogen) atoms. The summed E-state index contributed by atoms with van der Waals surface area (Å²) < 4.78 is 4.69. The Morgan fingerprint density at radius 3 is 2.89 bits per heavy atom. The van der Waals surface area contributed by atoms with E-state index < -0.39 is 0 Å². The molecule has 0 amide bonds. The molecule has 0 aromatic heterocycles. The number of unbranched alkanes of at least 4 members (excludes halogenated alkanes) is 1. The van der Waals surface area contributed by atoms with Crippen LogP contribution in [0.15, 0.2) is 0 Å². The molecular formula is C6H11O2S. The van der Waals surface area contributed by atoms with Crippen LogP contribution in [0.1, 0.15) is 19.8 Å². The number of hydrogen-bond acceptors (Lipinski definition) is 3. The SMILES string of the molecule is [CH2]SC(=O)OCCCC. The predicted octanol–water partition coefficient (Wildman–Crippen LogP) is 2.45. The summed E-state index contributed by atoms with van der Waals surface area (Å²) in [6, 6.07) is 0. The van der Waals surface area contributed by atoms with Crippen LogP contribution in [0.3, 0.4) is 0 Å². The largest absolute Gasteiger partial charge is 0.458 e. The molecule has 0 fully saturated rings. The van der Waals surface area contributed by atoms with Crippen molar-refractivity contribution < 1.29 is 9.53 Å². The van der Waals surface area contributed by atoms with E-state index >= 15 is 0 Å². The zero-order chi connectivity index (χ0) is 7.11. The summed E-state index contributed by atoms with van der Waals surface area (Å²) in [6.45, 7) is 2.57. The van der Waals surface area contributed by atoms with E-state index in [1.54, 1.807) is 0 Å². The van der Waals surface area contributed by atoms with E-state index in [2.05, 4.69) is 6.26 Å². The number of carbonyl (C=O) groups is 1. The van der Waals surface area contributed by atoms with E-state index in [1.165, 1.54) is 0 Å². The van der Waals surface area contributed by atoms with Crippen molar-refractivity contribution in [2.24, 2.45) is 0 Å². The molecule has 0 rings (SSSR count). The van der Waals surface area contributed by atoms with E-state index in [0.29, 0.717) is 6.61 Å². The molecule has 0 aromatic rings. The minimum absolute atomic E-state index is 0.288. The Hall–Kier alpha value is -0.180. The van der Waals surface area contributed by atoms with Gasteiger partial charge < -0.3 is 4.74 Å². The van der Waals surface area contributed by atoms with Gasteiger partial charge >= 0.3 is 5.30 Å². The van der Waals surface area contributed by atoms with Crippen molar-refractivity contribution in [1.82, 2.24) is 0 Å². The van der Waals surface area contributed by atoms with Gasteiger partial charge in [-0.05, 0) is 18.2 Å². The first kappa shape index (κ1) is 8.82. The minimum atomic E-state index is -0.288. The number of thioether (sulfide) groups is 1. The summed E-state index contributed by atoms with van der Waals surface area (Å²) in [4.78, 5) is 10.4. The average molecular weight is 147 g/mol. The van der Waals surface area contributed by atoms with Gasteiger partial charge in [-0.1, -0.05) is 13.3 Å². The second-order valence-electron chi connectivity index (χ2n) is 1.60. The number of hydrogen-bond donors (Lipinski definition) is 0. The van der Waals surface area contributed by atoms with E-state index in [1.807, 2.05) is 6.92 Å². The Morgan fingerprint density at radius 1 is 1.78 bits per heavy atom. The average Bonchev–Trinajstić information content (AvgIpc) is 1.89. The molecule has 0 bridgehead atoms. The van der Waals surface area contributed by atoms with Gasteiger partial charge in [-0.3, -0.25) is 0 Å². The van der Waals surface area contributed by atoms with Crippen LogP contribution in [-0.2, 0) is 4.74 Å². The van der Waals surface area contributed by atoms with E-state index in [9.17, 15) is 4.79 Å². The Kier molecular flexibility index (Phi) is 5.83. The van der Waals surface area contributed by atoms with Gasteiger partial charge in [0.2, 0.25) is 0 Å². The first-order valence-corrected chi connectivity index (χ1v) is 3.88. The fourth-order valence-corrected chi connectivity index (χ4v) is 0.508. The number of carbonyl (C=O) groups excluding carboxylic acids is 1. The highest BCUT2D eigenvalue weighted by atomic mass is 32.2. The fraction of sp³-hybridized carbons (Fsp3) is 0.667. The topological polar surface area (TPSA) is 26.3 Å². The van der Waals surface area contributed by atoms with Gasteiger partial charge in [0.25, 0.3) is 0 Å². The molecule has 0 aliphatic rings. The van der Waals surface area contributed by atoms with E-state index in [-0.39, 0.29) is 5.30 Å². The fourth-order valence-electron chi connectivity index (χ4n) is 0.342. The van der Waals surface area contributed by atoms with Crippen LogP contribution >= 0.6 is 11.8 Å². The van der Waals surface area contributed by atoms with E-state index in [4.69, 9.17) is 4.74 Å². The molecule has 0 spiro atoms. The molecule has 0 aliphatic heterocycles. The van der Waals surface area contributed by atoms with Gasteiger partial charge in [0.1, 0.15) is 0 Å². The second-order valence-corrected chi connectivity index (χ2v) is 2.22. The first-order valence-electron chi connectivity index (χ1n) is 2.90. The summed E-state index contributed by atoms with van der Waals surface area (Å²) in [5.74, 6) is 0. The smallest absolute Gasteiger partial charge is 0.367 e. The van der Waals surface area contributed by atoms with Gasteiger partial charge in [0, 0.05) is 6.26 Å². The highest BCUT2D eigenvalue weighted by molar-refractivity contribution is 8.14. The van der Waals surface area contributed by atoms with Crippen LogP contribution in [0.25, 0.3) is 0 Å².